The van der Waals surface area contributed by atoms with Crippen LogP contribution in [0, 0.1) is 5.92 Å². The Hall–Kier alpha value is -0.820. The van der Waals surface area contributed by atoms with E-state index < -0.39 is 0 Å². The standard InChI is InChI=1S/C17H26O/c1-3-13(4-2)12-17(18)16-11-7-9-14-8-5-6-10-15(14)16/h5-6,8,10,13,16-18H,3-4,7,9,11-12H2,1-2H3. The maximum atomic E-state index is 10.6. The second-order valence-corrected chi connectivity index (χ2v) is 5.68. The van der Waals surface area contributed by atoms with Crippen LogP contribution in [0.2, 0.25) is 0 Å². The zero-order valence-electron chi connectivity index (χ0n) is 11.7. The van der Waals surface area contributed by atoms with E-state index in [-0.39, 0.29) is 6.10 Å². The summed E-state index contributed by atoms with van der Waals surface area (Å²) in [5, 5.41) is 10.6. The van der Waals surface area contributed by atoms with Gasteiger partial charge < -0.3 is 5.11 Å². The molecule has 0 amide bonds. The molecule has 2 rings (SSSR count). The highest BCUT2D eigenvalue weighted by Crippen LogP contribution is 2.36. The Balaban J connectivity index is 2.10. The molecule has 1 aromatic carbocycles. The van der Waals surface area contributed by atoms with Crippen LogP contribution in [-0.4, -0.2) is 11.2 Å². The number of aryl methyl sites for hydroxylation is 1. The summed E-state index contributed by atoms with van der Waals surface area (Å²) in [6, 6.07) is 8.68. The van der Waals surface area contributed by atoms with Gasteiger partial charge in [0.1, 0.15) is 0 Å². The lowest BCUT2D eigenvalue weighted by atomic mass is 9.77. The monoisotopic (exact) mass is 246 g/mol. The van der Waals surface area contributed by atoms with Gasteiger partial charge in [-0.15, -0.1) is 0 Å². The molecule has 2 atom stereocenters. The van der Waals surface area contributed by atoms with Crippen LogP contribution in [0.1, 0.15) is 63.0 Å². The lowest BCUT2D eigenvalue weighted by Gasteiger charge is -2.31. The van der Waals surface area contributed by atoms with E-state index in [1.807, 2.05) is 0 Å². The Morgan fingerprint density at radius 2 is 1.94 bits per heavy atom. The van der Waals surface area contributed by atoms with E-state index in [2.05, 4.69) is 38.1 Å². The summed E-state index contributed by atoms with van der Waals surface area (Å²) in [4.78, 5) is 0. The third kappa shape index (κ3) is 2.95. The highest BCUT2D eigenvalue weighted by molar-refractivity contribution is 5.33. The molecular weight excluding hydrogens is 220 g/mol. The fourth-order valence-electron chi connectivity index (χ4n) is 3.32. The summed E-state index contributed by atoms with van der Waals surface area (Å²) in [5.41, 5.74) is 2.86. The first kappa shape index (κ1) is 13.6. The van der Waals surface area contributed by atoms with Crippen LogP contribution >= 0.6 is 0 Å². The zero-order valence-corrected chi connectivity index (χ0v) is 11.7. The van der Waals surface area contributed by atoms with Gasteiger partial charge in [-0.3, -0.25) is 0 Å². The second kappa shape index (κ2) is 6.38. The maximum Gasteiger partial charge on any atom is 0.0611 e. The van der Waals surface area contributed by atoms with E-state index in [4.69, 9.17) is 0 Å². The molecule has 18 heavy (non-hydrogen) atoms. The average molecular weight is 246 g/mol. The van der Waals surface area contributed by atoms with Gasteiger partial charge in [-0.25, -0.2) is 0 Å². The number of aliphatic hydroxyl groups excluding tert-OH is 1. The Bertz CT molecular complexity index is 368. The van der Waals surface area contributed by atoms with Crippen molar-refractivity contribution in [3.05, 3.63) is 35.4 Å². The largest absolute Gasteiger partial charge is 0.392 e. The molecule has 0 aliphatic heterocycles. The third-order valence-electron chi connectivity index (χ3n) is 4.61. The number of benzene rings is 1. The Morgan fingerprint density at radius 1 is 1.22 bits per heavy atom. The van der Waals surface area contributed by atoms with Gasteiger partial charge in [-0.05, 0) is 42.7 Å². The molecule has 1 aliphatic rings. The fraction of sp³-hybridized carbons (Fsp3) is 0.647. The van der Waals surface area contributed by atoms with E-state index in [9.17, 15) is 5.11 Å². The van der Waals surface area contributed by atoms with Crippen LogP contribution in [0.4, 0.5) is 0 Å². The van der Waals surface area contributed by atoms with E-state index in [1.165, 1.54) is 36.8 Å². The van der Waals surface area contributed by atoms with Crippen molar-refractivity contribution >= 4 is 0 Å². The first-order valence-electron chi connectivity index (χ1n) is 7.52. The number of hydrogen-bond acceptors (Lipinski definition) is 1. The molecular formula is C17H26O. The summed E-state index contributed by atoms with van der Waals surface area (Å²) in [5.74, 6) is 1.05. The lowest BCUT2D eigenvalue weighted by Crippen LogP contribution is -2.25. The van der Waals surface area contributed by atoms with Gasteiger partial charge in [0.25, 0.3) is 0 Å². The normalized spacial score (nSPS) is 20.8. The average Bonchev–Trinajstić information content (AvgIpc) is 2.43. The van der Waals surface area contributed by atoms with Gasteiger partial charge in [0, 0.05) is 5.92 Å². The summed E-state index contributed by atoms with van der Waals surface area (Å²) >= 11 is 0. The topological polar surface area (TPSA) is 20.2 Å². The molecule has 0 radical (unpaired) electrons. The highest BCUT2D eigenvalue weighted by Gasteiger charge is 2.27. The molecule has 2 unspecified atom stereocenters. The van der Waals surface area contributed by atoms with Gasteiger partial charge >= 0.3 is 0 Å². The molecule has 1 heteroatoms. The Kier molecular flexibility index (Phi) is 4.82. The van der Waals surface area contributed by atoms with E-state index in [1.54, 1.807) is 0 Å². The van der Waals surface area contributed by atoms with Crippen molar-refractivity contribution in [2.24, 2.45) is 5.92 Å². The van der Waals surface area contributed by atoms with Crippen molar-refractivity contribution in [3.63, 3.8) is 0 Å². The number of hydrogen-bond donors (Lipinski definition) is 1. The molecule has 0 spiro atoms. The van der Waals surface area contributed by atoms with Crippen LogP contribution in [-0.2, 0) is 6.42 Å². The maximum absolute atomic E-state index is 10.6. The summed E-state index contributed by atoms with van der Waals surface area (Å²) in [6.07, 6.45) is 6.73. The molecule has 0 aromatic heterocycles. The quantitative estimate of drug-likeness (QED) is 0.821. The van der Waals surface area contributed by atoms with Crippen LogP contribution in [0.5, 0.6) is 0 Å². The Morgan fingerprint density at radius 3 is 2.67 bits per heavy atom. The number of fused-ring (bicyclic) bond motifs is 1. The molecule has 0 saturated heterocycles. The van der Waals surface area contributed by atoms with Crippen LogP contribution < -0.4 is 0 Å². The molecule has 0 fully saturated rings. The van der Waals surface area contributed by atoms with E-state index >= 15 is 0 Å². The molecule has 1 aromatic rings. The number of rotatable bonds is 5. The molecule has 0 bridgehead atoms. The van der Waals surface area contributed by atoms with Crippen LogP contribution in [0.3, 0.4) is 0 Å². The van der Waals surface area contributed by atoms with Gasteiger partial charge in [0.15, 0.2) is 0 Å². The summed E-state index contributed by atoms with van der Waals surface area (Å²) in [7, 11) is 0. The van der Waals surface area contributed by atoms with Crippen molar-refractivity contribution in [2.45, 2.75) is 64.4 Å². The van der Waals surface area contributed by atoms with Crippen molar-refractivity contribution in [2.75, 3.05) is 0 Å². The first-order valence-corrected chi connectivity index (χ1v) is 7.52. The molecule has 0 saturated carbocycles. The molecule has 1 aliphatic carbocycles. The molecule has 1 nitrogen and oxygen atoms in total. The van der Waals surface area contributed by atoms with Crippen molar-refractivity contribution in [1.82, 2.24) is 0 Å². The molecule has 1 N–H and O–H groups in total. The van der Waals surface area contributed by atoms with E-state index in [0.29, 0.717) is 11.8 Å². The first-order chi connectivity index (χ1) is 8.76. The smallest absolute Gasteiger partial charge is 0.0611 e. The van der Waals surface area contributed by atoms with Crippen molar-refractivity contribution < 1.29 is 5.11 Å². The Labute approximate surface area is 111 Å². The summed E-state index contributed by atoms with van der Waals surface area (Å²) in [6.45, 7) is 4.46. The fourth-order valence-corrected chi connectivity index (χ4v) is 3.32. The van der Waals surface area contributed by atoms with Gasteiger partial charge in [0.05, 0.1) is 6.10 Å². The van der Waals surface area contributed by atoms with Crippen molar-refractivity contribution in [1.29, 1.82) is 0 Å². The summed E-state index contributed by atoms with van der Waals surface area (Å²) < 4.78 is 0. The predicted octanol–water partition coefficient (Wildman–Crippen LogP) is 4.29. The highest BCUT2D eigenvalue weighted by atomic mass is 16.3. The minimum Gasteiger partial charge on any atom is -0.392 e. The van der Waals surface area contributed by atoms with Gasteiger partial charge in [0.2, 0.25) is 0 Å². The minimum atomic E-state index is -0.156. The zero-order chi connectivity index (χ0) is 13.0. The van der Waals surface area contributed by atoms with Gasteiger partial charge in [-0.2, -0.15) is 0 Å². The van der Waals surface area contributed by atoms with Crippen LogP contribution in [0.25, 0.3) is 0 Å². The SMILES string of the molecule is CCC(CC)CC(O)C1CCCc2ccccc21. The molecule has 0 heterocycles. The predicted molar refractivity (Wildman–Crippen MR) is 76.8 cm³/mol. The van der Waals surface area contributed by atoms with Crippen molar-refractivity contribution in [3.8, 4) is 0 Å². The second-order valence-electron chi connectivity index (χ2n) is 5.68. The third-order valence-corrected chi connectivity index (χ3v) is 4.61. The lowest BCUT2D eigenvalue weighted by molar-refractivity contribution is 0.104. The van der Waals surface area contributed by atoms with Crippen LogP contribution in [0.15, 0.2) is 24.3 Å². The molecule has 100 valence electrons. The number of aliphatic hydroxyl groups is 1. The van der Waals surface area contributed by atoms with Gasteiger partial charge in [-0.1, -0.05) is 51.0 Å². The van der Waals surface area contributed by atoms with E-state index in [0.717, 1.165) is 12.8 Å². The minimum absolute atomic E-state index is 0.156.